The van der Waals surface area contributed by atoms with Crippen LogP contribution in [0.15, 0.2) is 24.3 Å². The molecule has 1 aromatic carbocycles. The molecule has 0 aliphatic carbocycles. The second-order valence-corrected chi connectivity index (χ2v) is 6.64. The van der Waals surface area contributed by atoms with Crippen LogP contribution >= 0.6 is 0 Å². The van der Waals surface area contributed by atoms with Crippen LogP contribution in [0, 0.1) is 5.82 Å². The summed E-state index contributed by atoms with van der Waals surface area (Å²) in [6, 6.07) is 5.39. The van der Waals surface area contributed by atoms with Gasteiger partial charge in [-0.1, -0.05) is 19.1 Å². The Morgan fingerprint density at radius 3 is 2.42 bits per heavy atom. The Morgan fingerprint density at radius 1 is 1.19 bits per heavy atom. The van der Waals surface area contributed by atoms with E-state index in [0.717, 1.165) is 12.0 Å². The average molecular weight is 366 g/mol. The van der Waals surface area contributed by atoms with Crippen LogP contribution in [0.4, 0.5) is 4.39 Å². The molecule has 5 nitrogen and oxygen atoms in total. The summed E-state index contributed by atoms with van der Waals surface area (Å²) in [6.45, 7) is 8.94. The number of hydrogen-bond donors (Lipinski definition) is 1. The molecule has 0 saturated heterocycles. The van der Waals surface area contributed by atoms with Crippen LogP contribution in [0.25, 0.3) is 0 Å². The molecule has 0 saturated carbocycles. The van der Waals surface area contributed by atoms with E-state index >= 15 is 0 Å². The molecule has 0 fully saturated rings. The first kappa shape index (κ1) is 22.1. The van der Waals surface area contributed by atoms with Gasteiger partial charge in [0.25, 0.3) is 0 Å². The van der Waals surface area contributed by atoms with E-state index in [1.54, 1.807) is 24.0 Å². The molecule has 1 unspecified atom stereocenters. The molecule has 1 aromatic rings. The van der Waals surface area contributed by atoms with Crippen LogP contribution in [0.3, 0.4) is 0 Å². The number of amides is 2. The first-order valence-corrected chi connectivity index (χ1v) is 9.28. The molecule has 0 aliphatic rings. The highest BCUT2D eigenvalue weighted by atomic mass is 19.1. The number of ether oxygens (including phenoxy) is 1. The van der Waals surface area contributed by atoms with Gasteiger partial charge < -0.3 is 15.0 Å². The lowest BCUT2D eigenvalue weighted by atomic mass is 10.1. The highest BCUT2D eigenvalue weighted by Crippen LogP contribution is 2.12. The smallest absolute Gasteiger partial charge is 0.242 e. The van der Waals surface area contributed by atoms with Crippen molar-refractivity contribution >= 4 is 11.8 Å². The standard InChI is InChI=1S/C20H31FN2O3/c1-5-7-19(24)23(14-17-8-10-18(21)11-9-17)16(4)20(25)22-12-6-13-26-15(2)3/h8-11,15-16H,5-7,12-14H2,1-4H3,(H,22,25). The summed E-state index contributed by atoms with van der Waals surface area (Å²) in [5.41, 5.74) is 0.792. The fourth-order valence-corrected chi connectivity index (χ4v) is 2.48. The Morgan fingerprint density at radius 2 is 1.85 bits per heavy atom. The zero-order valence-electron chi connectivity index (χ0n) is 16.3. The van der Waals surface area contributed by atoms with Gasteiger partial charge in [-0.3, -0.25) is 9.59 Å². The molecule has 0 radical (unpaired) electrons. The van der Waals surface area contributed by atoms with Crippen LogP contribution in [0.2, 0.25) is 0 Å². The van der Waals surface area contributed by atoms with Crippen molar-refractivity contribution in [3.05, 3.63) is 35.6 Å². The van der Waals surface area contributed by atoms with Crippen LogP contribution in [0.1, 0.15) is 52.5 Å². The van der Waals surface area contributed by atoms with Crippen LogP contribution in [-0.4, -0.2) is 42.0 Å². The second-order valence-electron chi connectivity index (χ2n) is 6.64. The van der Waals surface area contributed by atoms with Gasteiger partial charge >= 0.3 is 0 Å². The van der Waals surface area contributed by atoms with E-state index in [2.05, 4.69) is 5.32 Å². The third kappa shape index (κ3) is 7.95. The molecule has 1 rings (SSSR count). The van der Waals surface area contributed by atoms with Gasteiger partial charge in [-0.25, -0.2) is 4.39 Å². The maximum absolute atomic E-state index is 13.1. The summed E-state index contributed by atoms with van der Waals surface area (Å²) in [7, 11) is 0. The third-order valence-corrected chi connectivity index (χ3v) is 3.97. The summed E-state index contributed by atoms with van der Waals surface area (Å²) < 4.78 is 18.5. The molecular weight excluding hydrogens is 335 g/mol. The number of hydrogen-bond acceptors (Lipinski definition) is 3. The molecule has 1 N–H and O–H groups in total. The average Bonchev–Trinajstić information content (AvgIpc) is 2.60. The monoisotopic (exact) mass is 366 g/mol. The Kier molecular flexibility index (Phi) is 9.88. The number of nitrogens with zero attached hydrogens (tertiary/aromatic N) is 1. The molecule has 2 amide bonds. The molecule has 146 valence electrons. The highest BCUT2D eigenvalue weighted by molar-refractivity contribution is 5.87. The minimum absolute atomic E-state index is 0.0809. The first-order chi connectivity index (χ1) is 12.3. The van der Waals surface area contributed by atoms with E-state index in [-0.39, 0.29) is 30.3 Å². The number of nitrogens with one attached hydrogen (secondary N) is 1. The number of carbonyl (C=O) groups is 2. The Labute approximate surface area is 155 Å². The molecule has 6 heteroatoms. The number of rotatable bonds is 11. The Bertz CT molecular complexity index is 561. The van der Waals surface area contributed by atoms with Gasteiger partial charge in [0.05, 0.1) is 6.10 Å². The van der Waals surface area contributed by atoms with Crippen LogP contribution < -0.4 is 5.32 Å². The normalized spacial score (nSPS) is 12.1. The van der Waals surface area contributed by atoms with Crippen molar-refractivity contribution in [3.8, 4) is 0 Å². The first-order valence-electron chi connectivity index (χ1n) is 9.28. The lowest BCUT2D eigenvalue weighted by molar-refractivity contribution is -0.140. The number of halogens is 1. The third-order valence-electron chi connectivity index (χ3n) is 3.97. The minimum Gasteiger partial charge on any atom is -0.379 e. The fraction of sp³-hybridized carbons (Fsp3) is 0.600. The Hall–Kier alpha value is -1.95. The summed E-state index contributed by atoms with van der Waals surface area (Å²) >= 11 is 0. The van der Waals surface area contributed by atoms with Gasteiger partial charge in [0, 0.05) is 26.1 Å². The zero-order valence-corrected chi connectivity index (χ0v) is 16.3. The van der Waals surface area contributed by atoms with Crippen molar-refractivity contribution < 1.29 is 18.7 Å². The van der Waals surface area contributed by atoms with Gasteiger partial charge in [0.2, 0.25) is 11.8 Å². The van der Waals surface area contributed by atoms with Crippen molar-refractivity contribution in [2.45, 2.75) is 65.6 Å². The molecule has 0 aliphatic heterocycles. The van der Waals surface area contributed by atoms with Crippen molar-refractivity contribution in [1.82, 2.24) is 10.2 Å². The molecular formula is C20H31FN2O3. The van der Waals surface area contributed by atoms with Crippen molar-refractivity contribution in [2.75, 3.05) is 13.2 Å². The van der Waals surface area contributed by atoms with Crippen molar-refractivity contribution in [2.24, 2.45) is 0 Å². The fourth-order valence-electron chi connectivity index (χ4n) is 2.48. The molecule has 0 heterocycles. The lowest BCUT2D eigenvalue weighted by Gasteiger charge is -2.28. The predicted octanol–water partition coefficient (Wildman–Crippen LogP) is 3.27. The molecule has 26 heavy (non-hydrogen) atoms. The van der Waals surface area contributed by atoms with Gasteiger partial charge in [0.15, 0.2) is 0 Å². The SMILES string of the molecule is CCCC(=O)N(Cc1ccc(F)cc1)C(C)C(=O)NCCCOC(C)C. The summed E-state index contributed by atoms with van der Waals surface area (Å²) in [5.74, 6) is -0.599. The molecule has 0 aromatic heterocycles. The maximum Gasteiger partial charge on any atom is 0.242 e. The van der Waals surface area contributed by atoms with E-state index in [1.807, 2.05) is 20.8 Å². The predicted molar refractivity (Wildman–Crippen MR) is 100 cm³/mol. The summed E-state index contributed by atoms with van der Waals surface area (Å²) in [6.07, 6.45) is 1.97. The maximum atomic E-state index is 13.1. The molecule has 0 bridgehead atoms. The van der Waals surface area contributed by atoms with E-state index in [4.69, 9.17) is 4.74 Å². The van der Waals surface area contributed by atoms with Crippen molar-refractivity contribution in [1.29, 1.82) is 0 Å². The minimum atomic E-state index is -0.592. The molecule has 1 atom stereocenters. The van der Waals surface area contributed by atoms with Gasteiger partial charge in [-0.2, -0.15) is 0 Å². The number of benzene rings is 1. The van der Waals surface area contributed by atoms with E-state index < -0.39 is 6.04 Å². The molecule has 0 spiro atoms. The topological polar surface area (TPSA) is 58.6 Å². The van der Waals surface area contributed by atoms with Crippen LogP contribution in [0.5, 0.6) is 0 Å². The lowest BCUT2D eigenvalue weighted by Crippen LogP contribution is -2.47. The zero-order chi connectivity index (χ0) is 19.5. The Balaban J connectivity index is 2.65. The van der Waals surface area contributed by atoms with Gasteiger partial charge in [-0.15, -0.1) is 0 Å². The van der Waals surface area contributed by atoms with Gasteiger partial charge in [-0.05, 0) is 51.3 Å². The van der Waals surface area contributed by atoms with Crippen LogP contribution in [-0.2, 0) is 20.9 Å². The quantitative estimate of drug-likeness (QED) is 0.612. The number of carbonyl (C=O) groups excluding carboxylic acids is 2. The highest BCUT2D eigenvalue weighted by Gasteiger charge is 2.25. The van der Waals surface area contributed by atoms with E-state index in [1.165, 1.54) is 12.1 Å². The van der Waals surface area contributed by atoms with E-state index in [9.17, 15) is 14.0 Å². The largest absolute Gasteiger partial charge is 0.379 e. The summed E-state index contributed by atoms with van der Waals surface area (Å²) in [5, 5.41) is 2.86. The second kappa shape index (κ2) is 11.6. The van der Waals surface area contributed by atoms with Gasteiger partial charge in [0.1, 0.15) is 11.9 Å². The van der Waals surface area contributed by atoms with Crippen molar-refractivity contribution in [3.63, 3.8) is 0 Å². The van der Waals surface area contributed by atoms with E-state index in [0.29, 0.717) is 26.0 Å². The summed E-state index contributed by atoms with van der Waals surface area (Å²) in [4.78, 5) is 26.4.